The zero-order valence-electron chi connectivity index (χ0n) is 18.4. The molecule has 0 bridgehead atoms. The predicted molar refractivity (Wildman–Crippen MR) is 110 cm³/mol. The Morgan fingerprint density at radius 2 is 1.82 bits per heavy atom. The minimum Gasteiger partial charge on any atom is -0.466 e. The third-order valence-corrected chi connectivity index (χ3v) is 4.44. The summed E-state index contributed by atoms with van der Waals surface area (Å²) in [5, 5.41) is 3.33. The number of carbonyl (C=O) groups excluding carboxylic acids is 2. The molecule has 1 N–H and O–H groups in total. The summed E-state index contributed by atoms with van der Waals surface area (Å²) in [4.78, 5) is 32.4. The highest BCUT2D eigenvalue weighted by atomic mass is 16.6. The second kappa shape index (κ2) is 11.8. The van der Waals surface area contributed by atoms with Crippen LogP contribution in [-0.4, -0.2) is 79.8 Å². The number of esters is 1. The van der Waals surface area contributed by atoms with Gasteiger partial charge in [-0.2, -0.15) is 0 Å². The maximum Gasteiger partial charge on any atom is 0.410 e. The first-order chi connectivity index (χ1) is 13.2. The number of hydrogen-bond donors (Lipinski definition) is 1. The topological polar surface area (TPSA) is 83.5 Å². The van der Waals surface area contributed by atoms with Gasteiger partial charge in [-0.1, -0.05) is 6.92 Å². The standard InChI is InChI=1S/C20H38N4O4/c1-7-12-24(19(26)28-20(3,4)5)15-11-22-18(21-6)23-13-9-16(10-14-23)17(25)27-8-2/h16H,7-15H2,1-6H3,(H,21,22). The highest BCUT2D eigenvalue weighted by Gasteiger charge is 2.27. The first kappa shape index (κ1) is 24.0. The summed E-state index contributed by atoms with van der Waals surface area (Å²) in [6.07, 6.45) is 2.11. The van der Waals surface area contributed by atoms with Gasteiger partial charge in [0.2, 0.25) is 0 Å². The molecule has 0 aromatic heterocycles. The van der Waals surface area contributed by atoms with E-state index in [-0.39, 0.29) is 18.0 Å². The zero-order valence-corrected chi connectivity index (χ0v) is 18.4. The van der Waals surface area contributed by atoms with Crippen molar-refractivity contribution in [2.45, 2.75) is 59.5 Å². The Bertz CT molecular complexity index is 523. The summed E-state index contributed by atoms with van der Waals surface area (Å²) in [6.45, 7) is 13.2. The van der Waals surface area contributed by atoms with Crippen LogP contribution >= 0.6 is 0 Å². The molecule has 0 saturated carbocycles. The molecule has 0 spiro atoms. The van der Waals surface area contributed by atoms with Gasteiger partial charge in [0.15, 0.2) is 5.96 Å². The Morgan fingerprint density at radius 3 is 2.32 bits per heavy atom. The van der Waals surface area contributed by atoms with Crippen LogP contribution in [0.25, 0.3) is 0 Å². The second-order valence-corrected chi connectivity index (χ2v) is 7.95. The van der Waals surface area contributed by atoms with Crippen LogP contribution in [0.5, 0.6) is 0 Å². The van der Waals surface area contributed by atoms with Gasteiger partial charge in [0.05, 0.1) is 12.5 Å². The second-order valence-electron chi connectivity index (χ2n) is 7.95. The first-order valence-electron chi connectivity index (χ1n) is 10.3. The number of guanidine groups is 1. The van der Waals surface area contributed by atoms with Gasteiger partial charge in [-0.25, -0.2) is 4.79 Å². The van der Waals surface area contributed by atoms with Gasteiger partial charge in [-0.05, 0) is 47.0 Å². The Labute approximate surface area is 169 Å². The normalized spacial score (nSPS) is 15.9. The van der Waals surface area contributed by atoms with Crippen molar-refractivity contribution in [3.05, 3.63) is 0 Å². The number of aliphatic imine (C=N–C) groups is 1. The Balaban J connectivity index is 2.48. The van der Waals surface area contributed by atoms with Crippen LogP contribution in [-0.2, 0) is 14.3 Å². The van der Waals surface area contributed by atoms with Crippen molar-refractivity contribution >= 4 is 18.0 Å². The van der Waals surface area contributed by atoms with E-state index in [0.717, 1.165) is 38.3 Å². The molecule has 162 valence electrons. The molecule has 1 amide bonds. The molecular formula is C20H38N4O4. The van der Waals surface area contributed by atoms with Gasteiger partial charge in [-0.3, -0.25) is 9.79 Å². The monoisotopic (exact) mass is 398 g/mol. The largest absolute Gasteiger partial charge is 0.466 e. The Kier molecular flexibility index (Phi) is 10.1. The SMILES string of the molecule is CCCN(CCNC(=NC)N1CCC(C(=O)OCC)CC1)C(=O)OC(C)(C)C. The van der Waals surface area contributed by atoms with E-state index in [2.05, 4.69) is 15.2 Å². The molecule has 1 aliphatic rings. The van der Waals surface area contributed by atoms with Crippen molar-refractivity contribution in [1.29, 1.82) is 0 Å². The lowest BCUT2D eigenvalue weighted by atomic mass is 9.97. The third kappa shape index (κ3) is 8.35. The summed E-state index contributed by atoms with van der Waals surface area (Å²) in [5.41, 5.74) is -0.504. The van der Waals surface area contributed by atoms with Crippen molar-refractivity contribution in [2.75, 3.05) is 46.4 Å². The smallest absolute Gasteiger partial charge is 0.410 e. The molecule has 1 heterocycles. The van der Waals surface area contributed by atoms with Gasteiger partial charge in [0.1, 0.15) is 5.60 Å². The van der Waals surface area contributed by atoms with Crippen LogP contribution in [0.4, 0.5) is 4.79 Å². The fraction of sp³-hybridized carbons (Fsp3) is 0.850. The van der Waals surface area contributed by atoms with E-state index < -0.39 is 5.60 Å². The molecule has 1 fully saturated rings. The summed E-state index contributed by atoms with van der Waals surface area (Å²) >= 11 is 0. The average Bonchev–Trinajstić information content (AvgIpc) is 2.63. The third-order valence-electron chi connectivity index (χ3n) is 4.44. The van der Waals surface area contributed by atoms with Crippen LogP contribution in [0.1, 0.15) is 53.9 Å². The number of likely N-dealkylation sites (tertiary alicyclic amines) is 1. The summed E-state index contributed by atoms with van der Waals surface area (Å²) in [6, 6.07) is 0. The molecular weight excluding hydrogens is 360 g/mol. The fourth-order valence-corrected chi connectivity index (χ4v) is 3.11. The first-order valence-corrected chi connectivity index (χ1v) is 10.3. The van der Waals surface area contributed by atoms with Crippen molar-refractivity contribution in [3.63, 3.8) is 0 Å². The van der Waals surface area contributed by atoms with Crippen LogP contribution in [0.3, 0.4) is 0 Å². The molecule has 8 heteroatoms. The molecule has 28 heavy (non-hydrogen) atoms. The summed E-state index contributed by atoms with van der Waals surface area (Å²) < 4.78 is 10.6. The molecule has 0 unspecified atom stereocenters. The fourth-order valence-electron chi connectivity index (χ4n) is 3.11. The molecule has 8 nitrogen and oxygen atoms in total. The highest BCUT2D eigenvalue weighted by Crippen LogP contribution is 2.18. The number of carbonyl (C=O) groups is 2. The van der Waals surface area contributed by atoms with Crippen molar-refractivity contribution in [2.24, 2.45) is 10.9 Å². The number of nitrogens with zero attached hydrogens (tertiary/aromatic N) is 3. The summed E-state index contributed by atoms with van der Waals surface area (Å²) in [5.74, 6) is 0.669. The Hall–Kier alpha value is -1.99. The lowest BCUT2D eigenvalue weighted by molar-refractivity contribution is -0.149. The van der Waals surface area contributed by atoms with E-state index in [0.29, 0.717) is 26.2 Å². The molecule has 1 saturated heterocycles. The van der Waals surface area contributed by atoms with E-state index in [1.807, 2.05) is 34.6 Å². The zero-order chi connectivity index (χ0) is 21.2. The number of rotatable bonds is 7. The number of hydrogen-bond acceptors (Lipinski definition) is 5. The Morgan fingerprint density at radius 1 is 1.18 bits per heavy atom. The molecule has 0 aromatic rings. The quantitative estimate of drug-likeness (QED) is 0.403. The van der Waals surface area contributed by atoms with Crippen molar-refractivity contribution < 1.29 is 19.1 Å². The van der Waals surface area contributed by atoms with Crippen molar-refractivity contribution in [1.82, 2.24) is 15.1 Å². The molecule has 0 aromatic carbocycles. The molecule has 0 aliphatic carbocycles. The van der Waals surface area contributed by atoms with E-state index in [9.17, 15) is 9.59 Å². The number of amides is 1. The minimum absolute atomic E-state index is 0.0264. The van der Waals surface area contributed by atoms with Crippen LogP contribution < -0.4 is 5.32 Å². The maximum absolute atomic E-state index is 12.3. The van der Waals surface area contributed by atoms with E-state index in [1.165, 1.54) is 0 Å². The van der Waals surface area contributed by atoms with Gasteiger partial charge in [-0.15, -0.1) is 0 Å². The molecule has 0 atom stereocenters. The predicted octanol–water partition coefficient (Wildman–Crippen LogP) is 2.48. The molecule has 1 rings (SSSR count). The van der Waals surface area contributed by atoms with Gasteiger partial charge in [0, 0.05) is 39.8 Å². The molecule has 0 radical (unpaired) electrons. The summed E-state index contributed by atoms with van der Waals surface area (Å²) in [7, 11) is 1.75. The van der Waals surface area contributed by atoms with Crippen molar-refractivity contribution in [3.8, 4) is 0 Å². The lowest BCUT2D eigenvalue weighted by Gasteiger charge is -2.33. The minimum atomic E-state index is -0.504. The van der Waals surface area contributed by atoms with Crippen LogP contribution in [0.15, 0.2) is 4.99 Å². The lowest BCUT2D eigenvalue weighted by Crippen LogP contribution is -2.49. The van der Waals surface area contributed by atoms with Crippen LogP contribution in [0.2, 0.25) is 0 Å². The van der Waals surface area contributed by atoms with Gasteiger partial charge < -0.3 is 24.6 Å². The molecule has 1 aliphatic heterocycles. The van der Waals surface area contributed by atoms with Gasteiger partial charge in [0.25, 0.3) is 0 Å². The highest BCUT2D eigenvalue weighted by molar-refractivity contribution is 5.80. The van der Waals surface area contributed by atoms with E-state index in [4.69, 9.17) is 9.47 Å². The average molecular weight is 399 g/mol. The van der Waals surface area contributed by atoms with E-state index in [1.54, 1.807) is 11.9 Å². The van der Waals surface area contributed by atoms with Crippen LogP contribution in [0, 0.1) is 5.92 Å². The number of nitrogens with one attached hydrogen (secondary N) is 1. The van der Waals surface area contributed by atoms with Gasteiger partial charge >= 0.3 is 12.1 Å². The maximum atomic E-state index is 12.3. The number of ether oxygens (including phenoxy) is 2. The number of piperidine rings is 1. The van der Waals surface area contributed by atoms with E-state index >= 15 is 0 Å².